The number of hydrogen-bond donors (Lipinski definition) is 1. The molecular formula is C11H9Cl2N3. The van der Waals surface area contributed by atoms with Gasteiger partial charge in [-0.15, -0.1) is 0 Å². The van der Waals surface area contributed by atoms with Gasteiger partial charge in [0.2, 0.25) is 0 Å². The van der Waals surface area contributed by atoms with Crippen molar-refractivity contribution in [3.63, 3.8) is 0 Å². The molecule has 1 heterocycles. The Kier molecular flexibility index (Phi) is 3.59. The number of nitrogens with one attached hydrogen (secondary N) is 1. The van der Waals surface area contributed by atoms with Gasteiger partial charge in [0.1, 0.15) is 0 Å². The molecule has 0 aliphatic heterocycles. The largest absolute Gasteiger partial charge is 0.378 e. The van der Waals surface area contributed by atoms with Crippen LogP contribution in [-0.4, -0.2) is 9.97 Å². The van der Waals surface area contributed by atoms with Gasteiger partial charge in [-0.2, -0.15) is 0 Å². The Morgan fingerprint density at radius 1 is 1.19 bits per heavy atom. The van der Waals surface area contributed by atoms with Gasteiger partial charge in [0.25, 0.3) is 0 Å². The molecule has 0 bridgehead atoms. The molecule has 0 atom stereocenters. The fourth-order valence-corrected chi connectivity index (χ4v) is 1.72. The lowest BCUT2D eigenvalue weighted by Gasteiger charge is -2.07. The maximum absolute atomic E-state index is 6.01. The van der Waals surface area contributed by atoms with Crippen molar-refractivity contribution in [1.29, 1.82) is 0 Å². The maximum atomic E-state index is 6.01. The van der Waals surface area contributed by atoms with E-state index in [0.29, 0.717) is 16.6 Å². The molecule has 16 heavy (non-hydrogen) atoms. The Balaban J connectivity index is 2.05. The Hall–Kier alpha value is -1.32. The summed E-state index contributed by atoms with van der Waals surface area (Å²) in [6.07, 6.45) is 5.00. The van der Waals surface area contributed by atoms with Gasteiger partial charge in [-0.25, -0.2) is 0 Å². The van der Waals surface area contributed by atoms with E-state index in [1.807, 2.05) is 6.07 Å². The number of benzene rings is 1. The summed E-state index contributed by atoms with van der Waals surface area (Å²) < 4.78 is 0. The van der Waals surface area contributed by atoms with E-state index in [2.05, 4.69) is 15.3 Å². The number of rotatable bonds is 3. The zero-order valence-corrected chi connectivity index (χ0v) is 9.83. The van der Waals surface area contributed by atoms with E-state index in [1.54, 1.807) is 30.7 Å². The molecule has 0 saturated heterocycles. The number of hydrogen-bond acceptors (Lipinski definition) is 3. The summed E-state index contributed by atoms with van der Waals surface area (Å²) in [6.45, 7) is 0.579. The first-order valence-corrected chi connectivity index (χ1v) is 5.45. The summed E-state index contributed by atoms with van der Waals surface area (Å²) >= 11 is 11.8. The highest BCUT2D eigenvalue weighted by atomic mass is 35.5. The van der Waals surface area contributed by atoms with Crippen LogP contribution in [0.2, 0.25) is 10.0 Å². The van der Waals surface area contributed by atoms with Crippen LogP contribution in [0.3, 0.4) is 0 Å². The molecule has 2 aromatic rings. The molecule has 0 aliphatic carbocycles. The van der Waals surface area contributed by atoms with Gasteiger partial charge >= 0.3 is 0 Å². The smallest absolute Gasteiger partial charge is 0.0777 e. The quantitative estimate of drug-likeness (QED) is 0.912. The second-order valence-corrected chi connectivity index (χ2v) is 4.02. The molecular weight excluding hydrogens is 245 g/mol. The van der Waals surface area contributed by atoms with Crippen LogP contribution in [-0.2, 0) is 6.54 Å². The molecule has 1 N–H and O–H groups in total. The van der Waals surface area contributed by atoms with Crippen LogP contribution in [0.25, 0.3) is 0 Å². The van der Waals surface area contributed by atoms with Gasteiger partial charge in [0, 0.05) is 17.4 Å². The monoisotopic (exact) mass is 253 g/mol. The topological polar surface area (TPSA) is 37.8 Å². The van der Waals surface area contributed by atoms with E-state index in [4.69, 9.17) is 23.2 Å². The van der Waals surface area contributed by atoms with Crippen LogP contribution in [0.4, 0.5) is 5.69 Å². The predicted molar refractivity (Wildman–Crippen MR) is 65.8 cm³/mol. The molecule has 0 fully saturated rings. The summed E-state index contributed by atoms with van der Waals surface area (Å²) in [6, 6.07) is 5.32. The lowest BCUT2D eigenvalue weighted by Crippen LogP contribution is -2.02. The third kappa shape index (κ3) is 2.84. The second-order valence-electron chi connectivity index (χ2n) is 3.17. The normalized spacial score (nSPS) is 10.1. The number of halogens is 2. The van der Waals surface area contributed by atoms with E-state index < -0.39 is 0 Å². The first-order valence-electron chi connectivity index (χ1n) is 4.69. The Bertz CT molecular complexity index is 474. The van der Waals surface area contributed by atoms with E-state index >= 15 is 0 Å². The highest BCUT2D eigenvalue weighted by molar-refractivity contribution is 6.36. The van der Waals surface area contributed by atoms with Crippen molar-refractivity contribution in [3.05, 3.63) is 52.5 Å². The van der Waals surface area contributed by atoms with Crippen molar-refractivity contribution >= 4 is 28.9 Å². The van der Waals surface area contributed by atoms with Crippen molar-refractivity contribution < 1.29 is 0 Å². The number of anilines is 1. The molecule has 3 nitrogen and oxygen atoms in total. The molecule has 0 radical (unpaired) electrons. The lowest BCUT2D eigenvalue weighted by atomic mass is 10.3. The molecule has 0 unspecified atom stereocenters. The summed E-state index contributed by atoms with van der Waals surface area (Å²) in [5.74, 6) is 0. The molecule has 0 spiro atoms. The van der Waals surface area contributed by atoms with E-state index in [1.165, 1.54) is 0 Å². The van der Waals surface area contributed by atoms with Crippen LogP contribution in [0, 0.1) is 0 Å². The maximum Gasteiger partial charge on any atom is 0.0777 e. The molecule has 0 amide bonds. The summed E-state index contributed by atoms with van der Waals surface area (Å²) in [5.41, 5.74) is 1.69. The van der Waals surface area contributed by atoms with E-state index in [-0.39, 0.29) is 0 Å². The highest BCUT2D eigenvalue weighted by Gasteiger charge is 2.01. The molecule has 0 aliphatic rings. The summed E-state index contributed by atoms with van der Waals surface area (Å²) in [4.78, 5) is 8.12. The second kappa shape index (κ2) is 5.14. The summed E-state index contributed by atoms with van der Waals surface area (Å²) in [7, 11) is 0. The van der Waals surface area contributed by atoms with Gasteiger partial charge in [0.05, 0.1) is 29.1 Å². The zero-order valence-electron chi connectivity index (χ0n) is 8.32. The molecule has 82 valence electrons. The molecule has 2 rings (SSSR count). The first kappa shape index (κ1) is 11.2. The van der Waals surface area contributed by atoms with Crippen molar-refractivity contribution in [3.8, 4) is 0 Å². The molecule has 1 aromatic carbocycles. The minimum atomic E-state index is 0.579. The first-order chi connectivity index (χ1) is 7.75. The molecule has 1 aromatic heterocycles. The molecule has 5 heteroatoms. The lowest BCUT2D eigenvalue weighted by molar-refractivity contribution is 1.01. The predicted octanol–water partition coefficient (Wildman–Crippen LogP) is 3.40. The third-order valence-corrected chi connectivity index (χ3v) is 2.56. The van der Waals surface area contributed by atoms with E-state index in [9.17, 15) is 0 Å². The highest BCUT2D eigenvalue weighted by Crippen LogP contribution is 2.25. The fourth-order valence-electron chi connectivity index (χ4n) is 1.24. The average Bonchev–Trinajstić information content (AvgIpc) is 2.29. The van der Waals surface area contributed by atoms with Crippen molar-refractivity contribution in [2.75, 3.05) is 5.32 Å². The fraction of sp³-hybridized carbons (Fsp3) is 0.0909. The summed E-state index contributed by atoms with van der Waals surface area (Å²) in [5, 5.41) is 4.38. The third-order valence-electron chi connectivity index (χ3n) is 2.01. The standard InChI is InChI=1S/C11H9Cl2N3/c12-8-1-2-11(10(13)5-8)16-7-9-6-14-3-4-15-9/h1-6,16H,7H2. The Labute approximate surface area is 103 Å². The molecule has 0 saturated carbocycles. The van der Waals surface area contributed by atoms with Gasteiger partial charge in [0.15, 0.2) is 0 Å². The van der Waals surface area contributed by atoms with Crippen LogP contribution in [0.1, 0.15) is 5.69 Å². The van der Waals surface area contributed by atoms with E-state index in [0.717, 1.165) is 11.4 Å². The van der Waals surface area contributed by atoms with Gasteiger partial charge in [-0.3, -0.25) is 9.97 Å². The van der Waals surface area contributed by atoms with Crippen molar-refractivity contribution in [2.24, 2.45) is 0 Å². The van der Waals surface area contributed by atoms with Crippen LogP contribution in [0.5, 0.6) is 0 Å². The average molecular weight is 254 g/mol. The zero-order chi connectivity index (χ0) is 11.4. The van der Waals surface area contributed by atoms with Gasteiger partial charge in [-0.05, 0) is 18.2 Å². The van der Waals surface area contributed by atoms with Crippen molar-refractivity contribution in [2.45, 2.75) is 6.54 Å². The number of nitrogens with zero attached hydrogens (tertiary/aromatic N) is 2. The van der Waals surface area contributed by atoms with Gasteiger partial charge in [-0.1, -0.05) is 23.2 Å². The minimum Gasteiger partial charge on any atom is -0.378 e. The SMILES string of the molecule is Clc1ccc(NCc2cnccn2)c(Cl)c1. The van der Waals surface area contributed by atoms with Crippen molar-refractivity contribution in [1.82, 2.24) is 9.97 Å². The number of aromatic nitrogens is 2. The minimum absolute atomic E-state index is 0.579. The Morgan fingerprint density at radius 2 is 2.06 bits per heavy atom. The van der Waals surface area contributed by atoms with Crippen LogP contribution >= 0.6 is 23.2 Å². The Morgan fingerprint density at radius 3 is 2.75 bits per heavy atom. The van der Waals surface area contributed by atoms with Crippen LogP contribution < -0.4 is 5.32 Å². The van der Waals surface area contributed by atoms with Crippen LogP contribution in [0.15, 0.2) is 36.8 Å². The van der Waals surface area contributed by atoms with Gasteiger partial charge < -0.3 is 5.32 Å².